The smallest absolute Gasteiger partial charge is 0.245 e. The lowest BCUT2D eigenvalue weighted by atomic mass is 9.63. The number of amides is 2. The highest BCUT2D eigenvalue weighted by molar-refractivity contribution is 7.89. The molecule has 0 radical (unpaired) electrons. The van der Waals surface area contributed by atoms with Crippen LogP contribution in [0.5, 0.6) is 5.75 Å². The molecule has 0 aliphatic carbocycles. The summed E-state index contributed by atoms with van der Waals surface area (Å²) in [6, 6.07) is 30.2. The van der Waals surface area contributed by atoms with Crippen LogP contribution < -0.4 is 9.64 Å². The van der Waals surface area contributed by atoms with Gasteiger partial charge in [0.2, 0.25) is 21.8 Å². The first-order valence-electron chi connectivity index (χ1n) is 13.5. The number of anilines is 1. The predicted molar refractivity (Wildman–Crippen MR) is 154 cm³/mol. The molecule has 7 nitrogen and oxygen atoms in total. The molecule has 0 aromatic heterocycles. The van der Waals surface area contributed by atoms with Crippen LogP contribution in [0.25, 0.3) is 0 Å². The van der Waals surface area contributed by atoms with Gasteiger partial charge in [0, 0.05) is 0 Å². The average Bonchev–Trinajstić information content (AvgIpc) is 3.51. The van der Waals surface area contributed by atoms with Crippen LogP contribution in [0.1, 0.15) is 29.2 Å². The van der Waals surface area contributed by atoms with E-state index in [9.17, 15) is 18.0 Å². The van der Waals surface area contributed by atoms with Crippen LogP contribution in [0.3, 0.4) is 0 Å². The number of imide groups is 1. The molecule has 0 saturated carbocycles. The molecule has 41 heavy (non-hydrogen) atoms. The Balaban J connectivity index is 1.57. The summed E-state index contributed by atoms with van der Waals surface area (Å²) in [6.07, 6.45) is 0. The van der Waals surface area contributed by atoms with Gasteiger partial charge in [-0.1, -0.05) is 72.3 Å². The maximum absolute atomic E-state index is 14.8. The van der Waals surface area contributed by atoms with Crippen molar-refractivity contribution in [3.8, 4) is 5.75 Å². The summed E-state index contributed by atoms with van der Waals surface area (Å²) in [6.45, 7) is 3.69. The Morgan fingerprint density at radius 2 is 1.32 bits per heavy atom. The summed E-state index contributed by atoms with van der Waals surface area (Å²) < 4.78 is 36.6. The molecular formula is C33H28N2O5S. The number of para-hydroxylation sites is 1. The third kappa shape index (κ3) is 3.09. The van der Waals surface area contributed by atoms with E-state index in [1.54, 1.807) is 74.7 Å². The predicted octanol–water partition coefficient (Wildman–Crippen LogP) is 4.99. The fraction of sp³-hybridized carbons (Fsp3) is 0.212. The third-order valence-corrected chi connectivity index (χ3v) is 11.1. The molecule has 3 heterocycles. The van der Waals surface area contributed by atoms with Crippen LogP contribution in [-0.4, -0.2) is 31.6 Å². The number of carbonyl (C=O) groups is 2. The van der Waals surface area contributed by atoms with Crippen molar-refractivity contribution in [3.63, 3.8) is 0 Å². The molecule has 2 fully saturated rings. The fourth-order valence-electron chi connectivity index (χ4n) is 7.47. The molecule has 2 bridgehead atoms. The van der Waals surface area contributed by atoms with Gasteiger partial charge in [0.05, 0.1) is 40.6 Å². The van der Waals surface area contributed by atoms with E-state index in [4.69, 9.17) is 4.74 Å². The lowest BCUT2D eigenvalue weighted by molar-refractivity contribution is -0.124. The second kappa shape index (κ2) is 8.61. The molecule has 0 N–H and O–H groups in total. The molecule has 0 spiro atoms. The monoisotopic (exact) mass is 564 g/mol. The zero-order chi connectivity index (χ0) is 28.7. The van der Waals surface area contributed by atoms with Crippen molar-refractivity contribution < 1.29 is 22.7 Å². The summed E-state index contributed by atoms with van der Waals surface area (Å²) in [5.41, 5.74) is 0.636. The maximum atomic E-state index is 14.8. The molecule has 7 rings (SSSR count). The minimum atomic E-state index is -4.23. The van der Waals surface area contributed by atoms with Gasteiger partial charge in [0.15, 0.2) is 0 Å². The van der Waals surface area contributed by atoms with E-state index in [2.05, 4.69) is 0 Å². The number of aryl methyl sites for hydroxylation is 1. The average molecular weight is 565 g/mol. The standard InChI is InChI=1S/C33H28N2O5S/c1-21-13-19-25(20-14-21)41(38,39)35-32(2)26-11-7-8-12-27(26)33(35,22-15-17-24(40-3)18-16-22)29-28(32)30(36)34(31(29)37)23-9-5-4-6-10-23/h4-20,28-29H,1-3H3. The van der Waals surface area contributed by atoms with Gasteiger partial charge < -0.3 is 4.74 Å². The molecular weight excluding hydrogens is 536 g/mol. The summed E-state index contributed by atoms with van der Waals surface area (Å²) >= 11 is 0. The highest BCUT2D eigenvalue weighted by Gasteiger charge is 2.81. The first-order valence-corrected chi connectivity index (χ1v) is 14.9. The van der Waals surface area contributed by atoms with Gasteiger partial charge in [-0.25, -0.2) is 13.3 Å². The molecule has 4 aromatic rings. The van der Waals surface area contributed by atoms with Crippen molar-refractivity contribution in [3.05, 3.63) is 125 Å². The molecule has 8 heteroatoms. The van der Waals surface area contributed by atoms with Gasteiger partial charge in [-0.05, 0) is 66.9 Å². The van der Waals surface area contributed by atoms with E-state index in [-0.39, 0.29) is 4.90 Å². The van der Waals surface area contributed by atoms with Crippen molar-refractivity contribution >= 4 is 27.5 Å². The molecule has 2 saturated heterocycles. The minimum Gasteiger partial charge on any atom is -0.497 e. The number of sulfonamides is 1. The first kappa shape index (κ1) is 25.7. The van der Waals surface area contributed by atoms with Gasteiger partial charge >= 0.3 is 0 Å². The van der Waals surface area contributed by atoms with Crippen LogP contribution >= 0.6 is 0 Å². The molecule has 3 aliphatic rings. The highest BCUT2D eigenvalue weighted by Crippen LogP contribution is 2.71. The van der Waals surface area contributed by atoms with Gasteiger partial charge in [-0.3, -0.25) is 9.59 Å². The number of nitrogens with zero attached hydrogens (tertiary/aromatic N) is 2. The van der Waals surface area contributed by atoms with Gasteiger partial charge in [0.1, 0.15) is 5.75 Å². The first-order chi connectivity index (χ1) is 19.7. The summed E-state index contributed by atoms with van der Waals surface area (Å²) in [4.78, 5) is 30.3. The van der Waals surface area contributed by atoms with Crippen molar-refractivity contribution in [1.29, 1.82) is 0 Å². The van der Waals surface area contributed by atoms with E-state index in [0.717, 1.165) is 11.1 Å². The van der Waals surface area contributed by atoms with Crippen molar-refractivity contribution in [2.45, 2.75) is 29.8 Å². The van der Waals surface area contributed by atoms with E-state index < -0.39 is 44.8 Å². The van der Waals surface area contributed by atoms with Crippen LogP contribution in [0.15, 0.2) is 108 Å². The lowest BCUT2D eigenvalue weighted by Gasteiger charge is -2.40. The van der Waals surface area contributed by atoms with Gasteiger partial charge in [-0.15, -0.1) is 0 Å². The number of methoxy groups -OCH3 is 1. The number of hydrogen-bond acceptors (Lipinski definition) is 5. The minimum absolute atomic E-state index is 0.111. The van der Waals surface area contributed by atoms with Gasteiger partial charge in [-0.2, -0.15) is 4.31 Å². The summed E-state index contributed by atoms with van der Waals surface area (Å²) in [7, 11) is -2.67. The molecule has 206 valence electrons. The lowest BCUT2D eigenvalue weighted by Crippen LogP contribution is -2.53. The number of rotatable bonds is 5. The molecule has 3 aliphatic heterocycles. The number of ether oxygens (including phenoxy) is 1. The zero-order valence-electron chi connectivity index (χ0n) is 22.8. The van der Waals surface area contributed by atoms with Crippen LogP contribution in [0.4, 0.5) is 5.69 Å². The largest absolute Gasteiger partial charge is 0.497 e. The number of benzene rings is 4. The van der Waals surface area contributed by atoms with Gasteiger partial charge in [0.25, 0.3) is 0 Å². The Labute approximate surface area is 239 Å². The molecule has 2 amide bonds. The van der Waals surface area contributed by atoms with Crippen LogP contribution in [-0.2, 0) is 30.7 Å². The normalized spacial score (nSPS) is 26.8. The Bertz CT molecular complexity index is 1820. The number of hydrogen-bond donors (Lipinski definition) is 0. The Kier molecular flexibility index (Phi) is 5.40. The fourth-order valence-corrected chi connectivity index (χ4v) is 9.57. The Hall–Kier alpha value is -4.27. The second-order valence-electron chi connectivity index (χ2n) is 11.1. The quantitative estimate of drug-likeness (QED) is 0.319. The number of fused-ring (bicyclic) bond motifs is 8. The Morgan fingerprint density at radius 3 is 1.95 bits per heavy atom. The molecule has 4 atom stereocenters. The summed E-state index contributed by atoms with van der Waals surface area (Å²) in [5.74, 6) is -2.13. The van der Waals surface area contributed by atoms with E-state index in [1.165, 1.54) is 9.21 Å². The van der Waals surface area contributed by atoms with E-state index in [1.807, 2.05) is 49.4 Å². The summed E-state index contributed by atoms with van der Waals surface area (Å²) in [5, 5.41) is 0. The van der Waals surface area contributed by atoms with Crippen molar-refractivity contribution in [1.82, 2.24) is 4.31 Å². The number of carbonyl (C=O) groups excluding carboxylic acids is 2. The van der Waals surface area contributed by atoms with E-state index in [0.29, 0.717) is 22.6 Å². The zero-order valence-corrected chi connectivity index (χ0v) is 23.6. The third-order valence-electron chi connectivity index (χ3n) is 9.09. The maximum Gasteiger partial charge on any atom is 0.245 e. The van der Waals surface area contributed by atoms with Crippen molar-refractivity contribution in [2.75, 3.05) is 12.0 Å². The SMILES string of the molecule is COc1ccc(C23c4ccccc4C(C)(C4C(=O)N(c5ccccc5)C(=O)C42)N3S(=O)(=O)c2ccc(C)cc2)cc1. The topological polar surface area (TPSA) is 84.0 Å². The van der Waals surface area contributed by atoms with E-state index >= 15 is 0 Å². The van der Waals surface area contributed by atoms with Crippen LogP contribution in [0.2, 0.25) is 0 Å². The highest BCUT2D eigenvalue weighted by atomic mass is 32.2. The molecule has 4 aromatic carbocycles. The van der Waals surface area contributed by atoms with Crippen molar-refractivity contribution in [2.24, 2.45) is 11.8 Å². The molecule has 4 unspecified atom stereocenters. The second-order valence-corrected chi connectivity index (χ2v) is 12.9. The van der Waals surface area contributed by atoms with Crippen LogP contribution in [0, 0.1) is 18.8 Å². The Morgan fingerprint density at radius 1 is 0.732 bits per heavy atom.